The number of aliphatic carboxylic acids is 1. The van der Waals surface area contributed by atoms with Gasteiger partial charge in [0, 0.05) is 5.56 Å². The molecule has 1 atom stereocenters. The number of hydrogen-bond acceptors (Lipinski definition) is 6. The van der Waals surface area contributed by atoms with Gasteiger partial charge >= 0.3 is 0 Å². The fraction of sp³-hybridized carbons (Fsp3) is 0.263. The molecule has 0 saturated carbocycles. The molecule has 0 radical (unpaired) electrons. The normalized spacial score (nSPS) is 13.2. The van der Waals surface area contributed by atoms with Gasteiger partial charge in [-0.1, -0.05) is 48.0 Å². The van der Waals surface area contributed by atoms with E-state index in [9.17, 15) is 18.3 Å². The Morgan fingerprint density at radius 1 is 1.15 bits per heavy atom. The van der Waals surface area contributed by atoms with Crippen molar-refractivity contribution in [2.75, 3.05) is 12.0 Å². The summed E-state index contributed by atoms with van der Waals surface area (Å²) in [5.41, 5.74) is 1.41. The Bertz CT molecular complexity index is 895. The number of aryl methyl sites for hydroxylation is 1. The summed E-state index contributed by atoms with van der Waals surface area (Å²) in [5.74, 6) is -0.798. The van der Waals surface area contributed by atoms with Crippen molar-refractivity contribution in [3.05, 3.63) is 65.7 Å². The van der Waals surface area contributed by atoms with Gasteiger partial charge in [0.2, 0.25) is 0 Å². The van der Waals surface area contributed by atoms with Crippen molar-refractivity contribution >= 4 is 33.6 Å². The molecular weight excluding hydrogens is 384 g/mol. The molecule has 0 bridgehead atoms. The van der Waals surface area contributed by atoms with Crippen molar-refractivity contribution in [1.29, 1.82) is 0 Å². The highest BCUT2D eigenvalue weighted by Gasteiger charge is 2.19. The molecule has 0 unspecified atom stereocenters. The van der Waals surface area contributed by atoms with Crippen molar-refractivity contribution in [3.63, 3.8) is 0 Å². The number of rotatable bonds is 8. The number of nitrogens with zero attached hydrogens (tertiary/aromatic N) is 1. The summed E-state index contributed by atoms with van der Waals surface area (Å²) in [4.78, 5) is 15.7. The van der Waals surface area contributed by atoms with Crippen LogP contribution >= 0.6 is 11.8 Å². The lowest BCUT2D eigenvalue weighted by molar-refractivity contribution is -0.307. The maximum atomic E-state index is 12.7. The van der Waals surface area contributed by atoms with Gasteiger partial charge in [-0.3, -0.25) is 9.71 Å². The van der Waals surface area contributed by atoms with Crippen LogP contribution in [-0.2, 0) is 14.8 Å². The average Bonchev–Trinajstić information content (AvgIpc) is 2.65. The van der Waals surface area contributed by atoms with Gasteiger partial charge in [0.25, 0.3) is 10.0 Å². The molecule has 6 nitrogen and oxygen atoms in total. The molecule has 0 aliphatic heterocycles. The Labute approximate surface area is 163 Å². The summed E-state index contributed by atoms with van der Waals surface area (Å²) in [6, 6.07) is 13.8. The first-order chi connectivity index (χ1) is 12.8. The van der Waals surface area contributed by atoms with E-state index in [1.54, 1.807) is 42.5 Å². The second kappa shape index (κ2) is 9.57. The Balaban J connectivity index is 2.42. The minimum absolute atomic E-state index is 0.0218. The van der Waals surface area contributed by atoms with Gasteiger partial charge in [0.05, 0.1) is 16.9 Å². The van der Waals surface area contributed by atoms with E-state index >= 15 is 0 Å². The largest absolute Gasteiger partial charge is 0.548 e. The molecular formula is C19H21N2O4S2-. The van der Waals surface area contributed by atoms with E-state index in [-0.39, 0.29) is 17.2 Å². The predicted octanol–water partition coefficient (Wildman–Crippen LogP) is 1.59. The van der Waals surface area contributed by atoms with Crippen LogP contribution in [0.3, 0.4) is 0 Å². The molecule has 0 aliphatic carbocycles. The van der Waals surface area contributed by atoms with Crippen LogP contribution in [0.2, 0.25) is 0 Å². The first-order valence-electron chi connectivity index (χ1n) is 8.26. The smallest absolute Gasteiger partial charge is 0.263 e. The summed E-state index contributed by atoms with van der Waals surface area (Å²) in [6.07, 6.45) is 2.10. The van der Waals surface area contributed by atoms with Crippen molar-refractivity contribution in [3.8, 4) is 0 Å². The van der Waals surface area contributed by atoms with Crippen molar-refractivity contribution in [1.82, 2.24) is 4.72 Å². The highest BCUT2D eigenvalue weighted by molar-refractivity contribution is 7.98. The molecule has 0 saturated heterocycles. The van der Waals surface area contributed by atoms with Gasteiger partial charge in [-0.15, -0.1) is 0 Å². The second-order valence-corrected chi connectivity index (χ2v) is 8.55. The number of carbonyl (C=O) groups excluding carboxylic acids is 1. The number of amidine groups is 1. The lowest BCUT2D eigenvalue weighted by Gasteiger charge is -2.17. The summed E-state index contributed by atoms with van der Waals surface area (Å²) >= 11 is 1.48. The van der Waals surface area contributed by atoms with Gasteiger partial charge in [-0.2, -0.15) is 11.8 Å². The molecule has 0 fully saturated rings. The lowest BCUT2D eigenvalue weighted by atomic mass is 10.2. The van der Waals surface area contributed by atoms with Gasteiger partial charge < -0.3 is 9.90 Å². The molecule has 0 heterocycles. The molecule has 8 heteroatoms. The third kappa shape index (κ3) is 6.11. The molecule has 0 aliphatic rings. The second-order valence-electron chi connectivity index (χ2n) is 5.88. The number of carboxylic acid groups (broad SMARTS) is 1. The van der Waals surface area contributed by atoms with Crippen LogP contribution in [0.15, 0.2) is 64.5 Å². The Hall–Kier alpha value is -2.32. The summed E-state index contributed by atoms with van der Waals surface area (Å²) in [5, 5.41) is 11.4. The van der Waals surface area contributed by atoms with E-state index in [0.29, 0.717) is 11.3 Å². The standard InChI is InChI=1S/C19H22N2O4S2/c1-14-8-10-16(11-9-14)27(24,25)21-18(15-6-4-3-5-7-15)20-17(19(22)23)12-13-26-2/h3-11,17H,12-13H2,1-2H3,(H,20,21)(H,22,23)/p-1/t17-/m1/s1. The van der Waals surface area contributed by atoms with E-state index in [0.717, 1.165) is 5.56 Å². The third-order valence-corrected chi connectivity index (χ3v) is 5.76. The van der Waals surface area contributed by atoms with Gasteiger partial charge in [-0.05, 0) is 37.5 Å². The van der Waals surface area contributed by atoms with Crippen LogP contribution in [0.1, 0.15) is 17.5 Å². The van der Waals surface area contributed by atoms with E-state index in [1.165, 1.54) is 23.9 Å². The van der Waals surface area contributed by atoms with Crippen LogP contribution in [0, 0.1) is 6.92 Å². The molecule has 2 aromatic rings. The first kappa shape index (κ1) is 21.0. The Morgan fingerprint density at radius 2 is 1.78 bits per heavy atom. The van der Waals surface area contributed by atoms with E-state index in [4.69, 9.17) is 0 Å². The summed E-state index contributed by atoms with van der Waals surface area (Å²) in [6.45, 7) is 1.86. The fourth-order valence-corrected chi connectivity index (χ4v) is 3.78. The lowest BCUT2D eigenvalue weighted by Crippen LogP contribution is -2.38. The van der Waals surface area contributed by atoms with Crippen molar-refractivity contribution < 1.29 is 18.3 Å². The quantitative estimate of drug-likeness (QED) is 0.531. The number of carbonyl (C=O) groups is 1. The number of aliphatic imine (C=N–C) groups is 1. The molecule has 0 amide bonds. The minimum atomic E-state index is -3.92. The molecule has 27 heavy (non-hydrogen) atoms. The zero-order valence-corrected chi connectivity index (χ0v) is 16.7. The number of nitrogens with one attached hydrogen (secondary N) is 1. The number of carboxylic acids is 1. The van der Waals surface area contributed by atoms with Crippen LogP contribution in [0.25, 0.3) is 0 Å². The van der Waals surface area contributed by atoms with Gasteiger partial charge in [0.1, 0.15) is 5.84 Å². The molecule has 2 aromatic carbocycles. The van der Waals surface area contributed by atoms with Crippen molar-refractivity contribution in [2.24, 2.45) is 4.99 Å². The average molecular weight is 406 g/mol. The predicted molar refractivity (Wildman–Crippen MR) is 106 cm³/mol. The van der Waals surface area contributed by atoms with Gasteiger partial charge in [0.15, 0.2) is 0 Å². The van der Waals surface area contributed by atoms with E-state index < -0.39 is 22.0 Å². The first-order valence-corrected chi connectivity index (χ1v) is 11.1. The SMILES string of the molecule is CSCC[C@@H](N=C(NS(=O)(=O)c1ccc(C)cc1)c1ccccc1)C(=O)[O-]. The zero-order chi connectivity index (χ0) is 19.9. The number of benzene rings is 2. The highest BCUT2D eigenvalue weighted by atomic mass is 32.2. The topological polar surface area (TPSA) is 98.7 Å². The number of thioether (sulfide) groups is 1. The van der Waals surface area contributed by atoms with Crippen LogP contribution in [0.5, 0.6) is 0 Å². The maximum Gasteiger partial charge on any atom is 0.263 e. The molecule has 1 N–H and O–H groups in total. The van der Waals surface area contributed by atoms with E-state index in [1.807, 2.05) is 13.2 Å². The zero-order valence-electron chi connectivity index (χ0n) is 15.1. The maximum absolute atomic E-state index is 12.7. The fourth-order valence-electron chi connectivity index (χ4n) is 2.28. The van der Waals surface area contributed by atoms with Gasteiger partial charge in [-0.25, -0.2) is 8.42 Å². The van der Waals surface area contributed by atoms with Crippen LogP contribution in [-0.4, -0.2) is 38.3 Å². The molecule has 0 aromatic heterocycles. The minimum Gasteiger partial charge on any atom is -0.548 e. The summed E-state index contributed by atoms with van der Waals surface area (Å²) < 4.78 is 27.9. The summed E-state index contributed by atoms with van der Waals surface area (Å²) in [7, 11) is -3.92. The van der Waals surface area contributed by atoms with Crippen molar-refractivity contribution in [2.45, 2.75) is 24.3 Å². The Kier molecular flexibility index (Phi) is 7.44. The van der Waals surface area contributed by atoms with E-state index in [2.05, 4.69) is 9.71 Å². The third-order valence-electron chi connectivity index (χ3n) is 3.76. The molecule has 0 spiro atoms. The number of hydrogen-bond donors (Lipinski definition) is 1. The highest BCUT2D eigenvalue weighted by Crippen LogP contribution is 2.13. The monoisotopic (exact) mass is 405 g/mol. The molecule has 144 valence electrons. The van der Waals surface area contributed by atoms with Crippen LogP contribution in [0.4, 0.5) is 0 Å². The number of sulfonamides is 1. The Morgan fingerprint density at radius 3 is 2.33 bits per heavy atom. The molecule has 2 rings (SSSR count). The van der Waals surface area contributed by atoms with Crippen LogP contribution < -0.4 is 9.83 Å².